The number of carbonyl (C=O) groups excluding carboxylic acids is 1. The third-order valence-corrected chi connectivity index (χ3v) is 5.20. The standard InChI is InChI=1S/C21H20F2N2O2/c1-25(2)14-7-9-17-15(11-14)19-18(27-17)10-8-16(20(19)23)24-21(26)12-3-5-13(22)6-4-12/h3-6,8,10,14H,7,9,11H2,1-2H3,(H,24,26). The Hall–Kier alpha value is -2.73. The molecule has 0 saturated heterocycles. The van der Waals surface area contributed by atoms with Crippen LogP contribution >= 0.6 is 0 Å². The summed E-state index contributed by atoms with van der Waals surface area (Å²) < 4.78 is 34.1. The van der Waals surface area contributed by atoms with Gasteiger partial charge in [0.1, 0.15) is 17.2 Å². The second kappa shape index (κ2) is 6.78. The van der Waals surface area contributed by atoms with E-state index in [1.807, 2.05) is 14.1 Å². The van der Waals surface area contributed by atoms with E-state index in [2.05, 4.69) is 10.2 Å². The molecular weight excluding hydrogens is 350 g/mol. The van der Waals surface area contributed by atoms with Crippen molar-refractivity contribution in [1.82, 2.24) is 4.90 Å². The molecule has 6 heteroatoms. The van der Waals surface area contributed by atoms with Crippen molar-refractivity contribution in [3.63, 3.8) is 0 Å². The van der Waals surface area contributed by atoms with Gasteiger partial charge in [-0.05, 0) is 63.3 Å². The molecule has 0 bridgehead atoms. The average molecular weight is 370 g/mol. The summed E-state index contributed by atoms with van der Waals surface area (Å²) >= 11 is 0. The van der Waals surface area contributed by atoms with Crippen LogP contribution in [0.5, 0.6) is 0 Å². The molecule has 140 valence electrons. The minimum Gasteiger partial charge on any atom is -0.461 e. The molecule has 1 heterocycles. The number of fused-ring (bicyclic) bond motifs is 3. The van der Waals surface area contributed by atoms with Gasteiger partial charge in [-0.15, -0.1) is 0 Å². The number of likely N-dealkylation sites (N-methyl/N-ethyl adjacent to an activating group) is 1. The number of halogens is 2. The summed E-state index contributed by atoms with van der Waals surface area (Å²) in [5, 5.41) is 3.02. The van der Waals surface area contributed by atoms with E-state index in [-0.39, 0.29) is 11.3 Å². The number of hydrogen-bond donors (Lipinski definition) is 1. The predicted octanol–water partition coefficient (Wildman–Crippen LogP) is 4.38. The van der Waals surface area contributed by atoms with Gasteiger partial charge in [-0.2, -0.15) is 0 Å². The highest BCUT2D eigenvalue weighted by atomic mass is 19.1. The van der Waals surface area contributed by atoms with Crippen molar-refractivity contribution in [3.05, 3.63) is 64.9 Å². The van der Waals surface area contributed by atoms with Gasteiger partial charge in [0.2, 0.25) is 0 Å². The Morgan fingerprint density at radius 2 is 1.89 bits per heavy atom. The maximum absolute atomic E-state index is 15.2. The Bertz CT molecular complexity index is 1010. The van der Waals surface area contributed by atoms with Crippen LogP contribution in [0, 0.1) is 11.6 Å². The number of benzene rings is 2. The van der Waals surface area contributed by atoms with E-state index in [9.17, 15) is 9.18 Å². The minimum absolute atomic E-state index is 0.0902. The van der Waals surface area contributed by atoms with Crippen molar-refractivity contribution < 1.29 is 18.0 Å². The summed E-state index contributed by atoms with van der Waals surface area (Å²) in [6, 6.07) is 8.63. The van der Waals surface area contributed by atoms with E-state index in [0.29, 0.717) is 23.4 Å². The zero-order valence-corrected chi connectivity index (χ0v) is 15.2. The number of amides is 1. The topological polar surface area (TPSA) is 45.5 Å². The molecule has 1 aliphatic rings. The number of rotatable bonds is 3. The van der Waals surface area contributed by atoms with Crippen LogP contribution in [0.3, 0.4) is 0 Å². The van der Waals surface area contributed by atoms with Crippen LogP contribution < -0.4 is 5.32 Å². The van der Waals surface area contributed by atoms with Crippen LogP contribution in [-0.2, 0) is 12.8 Å². The zero-order chi connectivity index (χ0) is 19.1. The first-order chi connectivity index (χ1) is 12.9. The molecule has 1 atom stereocenters. The van der Waals surface area contributed by atoms with Crippen LogP contribution in [0.15, 0.2) is 40.8 Å². The van der Waals surface area contributed by atoms with Crippen molar-refractivity contribution >= 4 is 22.6 Å². The van der Waals surface area contributed by atoms with Gasteiger partial charge in [0.05, 0.1) is 11.1 Å². The van der Waals surface area contributed by atoms with E-state index < -0.39 is 17.5 Å². The maximum atomic E-state index is 15.2. The lowest BCUT2D eigenvalue weighted by Crippen LogP contribution is -2.33. The third-order valence-electron chi connectivity index (χ3n) is 5.20. The number of hydrogen-bond acceptors (Lipinski definition) is 3. The fraction of sp³-hybridized carbons (Fsp3) is 0.286. The van der Waals surface area contributed by atoms with Gasteiger partial charge in [0, 0.05) is 23.6 Å². The Labute approximate surface area is 155 Å². The smallest absolute Gasteiger partial charge is 0.255 e. The van der Waals surface area contributed by atoms with Crippen molar-refractivity contribution in [2.24, 2.45) is 0 Å². The SMILES string of the molecule is CN(C)C1CCc2oc3ccc(NC(=O)c4ccc(F)cc4)c(F)c3c2C1. The van der Waals surface area contributed by atoms with E-state index in [4.69, 9.17) is 4.42 Å². The number of nitrogens with zero attached hydrogens (tertiary/aromatic N) is 1. The summed E-state index contributed by atoms with van der Waals surface area (Å²) in [4.78, 5) is 14.5. The molecule has 1 amide bonds. The molecule has 0 fully saturated rings. The second-order valence-corrected chi connectivity index (χ2v) is 7.13. The largest absolute Gasteiger partial charge is 0.461 e. The monoisotopic (exact) mass is 370 g/mol. The van der Waals surface area contributed by atoms with Gasteiger partial charge < -0.3 is 14.6 Å². The van der Waals surface area contributed by atoms with E-state index in [0.717, 1.165) is 24.2 Å². The molecule has 0 spiro atoms. The molecule has 4 nitrogen and oxygen atoms in total. The van der Waals surface area contributed by atoms with Crippen LogP contribution in [0.1, 0.15) is 28.1 Å². The third kappa shape index (κ3) is 3.21. The van der Waals surface area contributed by atoms with E-state index in [1.54, 1.807) is 6.07 Å². The quantitative estimate of drug-likeness (QED) is 0.744. The highest BCUT2D eigenvalue weighted by Crippen LogP contribution is 2.36. The number of nitrogens with one attached hydrogen (secondary N) is 1. The first kappa shape index (κ1) is 17.7. The molecule has 1 aromatic heterocycles. The molecule has 0 radical (unpaired) electrons. The molecule has 0 aliphatic heterocycles. The average Bonchev–Trinajstić information content (AvgIpc) is 3.02. The lowest BCUT2D eigenvalue weighted by Gasteiger charge is -2.27. The van der Waals surface area contributed by atoms with Crippen LogP contribution in [0.25, 0.3) is 11.0 Å². The lowest BCUT2D eigenvalue weighted by molar-refractivity contribution is 0.102. The van der Waals surface area contributed by atoms with Gasteiger partial charge in [-0.1, -0.05) is 0 Å². The molecule has 4 rings (SSSR count). The molecule has 1 unspecified atom stereocenters. The highest BCUT2D eigenvalue weighted by molar-refractivity contribution is 6.05. The summed E-state index contributed by atoms with van der Waals surface area (Å²) in [5.41, 5.74) is 1.73. The Morgan fingerprint density at radius 3 is 2.59 bits per heavy atom. The predicted molar refractivity (Wildman–Crippen MR) is 100 cm³/mol. The fourth-order valence-corrected chi connectivity index (χ4v) is 3.64. The summed E-state index contributed by atoms with van der Waals surface area (Å²) in [7, 11) is 4.03. The fourth-order valence-electron chi connectivity index (χ4n) is 3.64. The van der Waals surface area contributed by atoms with Gasteiger partial charge >= 0.3 is 0 Å². The molecule has 1 N–H and O–H groups in total. The zero-order valence-electron chi connectivity index (χ0n) is 15.2. The summed E-state index contributed by atoms with van der Waals surface area (Å²) in [6.45, 7) is 0. The van der Waals surface area contributed by atoms with Crippen LogP contribution in [0.4, 0.5) is 14.5 Å². The molecule has 0 saturated carbocycles. The van der Waals surface area contributed by atoms with Crippen LogP contribution in [-0.4, -0.2) is 30.9 Å². The van der Waals surface area contributed by atoms with E-state index >= 15 is 4.39 Å². The highest BCUT2D eigenvalue weighted by Gasteiger charge is 2.28. The van der Waals surface area contributed by atoms with Gasteiger partial charge in [0.25, 0.3) is 5.91 Å². The molecule has 1 aliphatic carbocycles. The minimum atomic E-state index is -0.493. The van der Waals surface area contributed by atoms with E-state index in [1.165, 1.54) is 30.3 Å². The van der Waals surface area contributed by atoms with Crippen molar-refractivity contribution in [1.29, 1.82) is 0 Å². The van der Waals surface area contributed by atoms with Gasteiger partial charge in [0.15, 0.2) is 5.82 Å². The molecule has 2 aromatic carbocycles. The number of carbonyl (C=O) groups is 1. The second-order valence-electron chi connectivity index (χ2n) is 7.13. The molecule has 3 aromatic rings. The Morgan fingerprint density at radius 1 is 1.15 bits per heavy atom. The van der Waals surface area contributed by atoms with Crippen LogP contribution in [0.2, 0.25) is 0 Å². The molecule has 27 heavy (non-hydrogen) atoms. The summed E-state index contributed by atoms with van der Waals surface area (Å²) in [6.07, 6.45) is 2.45. The molecular formula is C21H20F2N2O2. The first-order valence-corrected chi connectivity index (χ1v) is 8.90. The number of anilines is 1. The van der Waals surface area contributed by atoms with Gasteiger partial charge in [-0.25, -0.2) is 8.78 Å². The normalized spacial score (nSPS) is 16.6. The Kier molecular flexibility index (Phi) is 4.44. The maximum Gasteiger partial charge on any atom is 0.255 e. The Balaban J connectivity index is 1.69. The number of furan rings is 1. The van der Waals surface area contributed by atoms with Crippen molar-refractivity contribution in [2.75, 3.05) is 19.4 Å². The van der Waals surface area contributed by atoms with Crippen molar-refractivity contribution in [2.45, 2.75) is 25.3 Å². The number of aryl methyl sites for hydroxylation is 1. The van der Waals surface area contributed by atoms with Gasteiger partial charge in [-0.3, -0.25) is 4.79 Å². The summed E-state index contributed by atoms with van der Waals surface area (Å²) in [5.74, 6) is -0.590. The lowest BCUT2D eigenvalue weighted by atomic mass is 9.91. The first-order valence-electron chi connectivity index (χ1n) is 8.90. The van der Waals surface area contributed by atoms with Crippen molar-refractivity contribution in [3.8, 4) is 0 Å².